The Hall–Kier alpha value is -1.55. The van der Waals surface area contributed by atoms with Crippen LogP contribution in [0.15, 0.2) is 24.3 Å². The standard InChI is InChI=1S/C14H22N2O2/c1-5-15-10-14(3,4)18-13(17)16-12-8-6-7-11(2)9-12/h6-9,15H,5,10H2,1-4H3,(H,16,17). The molecule has 0 radical (unpaired) electrons. The Balaban J connectivity index is 2.51. The molecule has 1 aromatic carbocycles. The van der Waals surface area contributed by atoms with Gasteiger partial charge in [0.15, 0.2) is 0 Å². The lowest BCUT2D eigenvalue weighted by Gasteiger charge is -2.25. The summed E-state index contributed by atoms with van der Waals surface area (Å²) in [7, 11) is 0. The predicted octanol–water partition coefficient (Wildman–Crippen LogP) is 2.93. The second kappa shape index (κ2) is 6.40. The van der Waals surface area contributed by atoms with Gasteiger partial charge in [-0.3, -0.25) is 5.32 Å². The summed E-state index contributed by atoms with van der Waals surface area (Å²) in [5.74, 6) is 0. The molecule has 2 N–H and O–H groups in total. The van der Waals surface area contributed by atoms with Gasteiger partial charge >= 0.3 is 6.09 Å². The van der Waals surface area contributed by atoms with Crippen LogP contribution in [0.4, 0.5) is 10.5 Å². The highest BCUT2D eigenvalue weighted by atomic mass is 16.6. The van der Waals surface area contributed by atoms with Gasteiger partial charge in [0.05, 0.1) is 0 Å². The van der Waals surface area contributed by atoms with Gasteiger partial charge in [-0.05, 0) is 45.0 Å². The molecule has 18 heavy (non-hydrogen) atoms. The highest BCUT2D eigenvalue weighted by Gasteiger charge is 2.22. The Labute approximate surface area is 109 Å². The monoisotopic (exact) mass is 250 g/mol. The van der Waals surface area contributed by atoms with Gasteiger partial charge < -0.3 is 10.1 Å². The third-order valence-corrected chi connectivity index (χ3v) is 2.43. The van der Waals surface area contributed by atoms with Crippen molar-refractivity contribution < 1.29 is 9.53 Å². The molecule has 0 saturated heterocycles. The van der Waals surface area contributed by atoms with Crippen LogP contribution < -0.4 is 10.6 Å². The summed E-state index contributed by atoms with van der Waals surface area (Å²) in [5.41, 5.74) is 1.32. The van der Waals surface area contributed by atoms with Gasteiger partial charge in [-0.1, -0.05) is 19.1 Å². The Morgan fingerprint density at radius 3 is 2.72 bits per heavy atom. The fraction of sp³-hybridized carbons (Fsp3) is 0.500. The van der Waals surface area contributed by atoms with Crippen molar-refractivity contribution in [1.82, 2.24) is 5.32 Å². The van der Waals surface area contributed by atoms with E-state index in [1.807, 2.05) is 52.0 Å². The smallest absolute Gasteiger partial charge is 0.412 e. The minimum Gasteiger partial charge on any atom is -0.442 e. The van der Waals surface area contributed by atoms with E-state index in [-0.39, 0.29) is 0 Å². The van der Waals surface area contributed by atoms with Crippen molar-refractivity contribution in [2.75, 3.05) is 18.4 Å². The molecular weight excluding hydrogens is 228 g/mol. The number of nitrogens with one attached hydrogen (secondary N) is 2. The van der Waals surface area contributed by atoms with Crippen molar-refractivity contribution in [2.24, 2.45) is 0 Å². The van der Waals surface area contributed by atoms with Crippen molar-refractivity contribution in [2.45, 2.75) is 33.3 Å². The number of rotatable bonds is 5. The van der Waals surface area contributed by atoms with Gasteiger partial charge in [-0.2, -0.15) is 0 Å². The largest absolute Gasteiger partial charge is 0.442 e. The van der Waals surface area contributed by atoms with Crippen molar-refractivity contribution in [3.8, 4) is 0 Å². The molecule has 0 aliphatic rings. The van der Waals surface area contributed by atoms with Gasteiger partial charge in [0.25, 0.3) is 0 Å². The lowest BCUT2D eigenvalue weighted by molar-refractivity contribution is 0.0494. The second-order valence-electron chi connectivity index (χ2n) is 4.92. The molecule has 0 aliphatic heterocycles. The van der Waals surface area contributed by atoms with E-state index in [9.17, 15) is 4.79 Å². The first-order chi connectivity index (χ1) is 8.43. The third-order valence-electron chi connectivity index (χ3n) is 2.43. The molecule has 4 heteroatoms. The van der Waals surface area contributed by atoms with Gasteiger partial charge in [0.2, 0.25) is 0 Å². The quantitative estimate of drug-likeness (QED) is 0.844. The zero-order valence-corrected chi connectivity index (χ0v) is 11.5. The highest BCUT2D eigenvalue weighted by Crippen LogP contribution is 2.13. The van der Waals surface area contributed by atoms with Gasteiger partial charge in [0, 0.05) is 12.2 Å². The Morgan fingerprint density at radius 1 is 1.39 bits per heavy atom. The molecule has 0 atom stereocenters. The van der Waals surface area contributed by atoms with Crippen LogP contribution in [-0.2, 0) is 4.74 Å². The van der Waals surface area contributed by atoms with Crippen LogP contribution in [-0.4, -0.2) is 24.8 Å². The zero-order chi connectivity index (χ0) is 13.6. The average molecular weight is 250 g/mol. The van der Waals surface area contributed by atoms with E-state index < -0.39 is 11.7 Å². The van der Waals surface area contributed by atoms with Crippen LogP contribution in [0.1, 0.15) is 26.3 Å². The van der Waals surface area contributed by atoms with E-state index in [2.05, 4.69) is 10.6 Å². The van der Waals surface area contributed by atoms with Crippen molar-refractivity contribution >= 4 is 11.8 Å². The number of hydrogen-bond donors (Lipinski definition) is 2. The summed E-state index contributed by atoms with van der Waals surface area (Å²) in [5, 5.41) is 5.89. The molecule has 0 heterocycles. The van der Waals surface area contributed by atoms with Crippen LogP contribution >= 0.6 is 0 Å². The van der Waals surface area contributed by atoms with E-state index in [0.717, 1.165) is 17.8 Å². The summed E-state index contributed by atoms with van der Waals surface area (Å²) >= 11 is 0. The van der Waals surface area contributed by atoms with Crippen LogP contribution in [0.3, 0.4) is 0 Å². The number of hydrogen-bond acceptors (Lipinski definition) is 3. The molecule has 0 spiro atoms. The molecule has 1 aromatic rings. The minimum atomic E-state index is -0.524. The van der Waals surface area contributed by atoms with Crippen molar-refractivity contribution in [3.63, 3.8) is 0 Å². The lowest BCUT2D eigenvalue weighted by Crippen LogP contribution is -2.40. The molecule has 0 unspecified atom stereocenters. The van der Waals surface area contributed by atoms with Crippen LogP contribution in [0.2, 0.25) is 0 Å². The van der Waals surface area contributed by atoms with Gasteiger partial charge in [0.1, 0.15) is 5.60 Å². The first-order valence-corrected chi connectivity index (χ1v) is 6.20. The fourth-order valence-electron chi connectivity index (χ4n) is 1.58. The lowest BCUT2D eigenvalue weighted by atomic mass is 10.1. The Kier molecular flexibility index (Phi) is 5.16. The number of likely N-dealkylation sites (N-methyl/N-ethyl adjacent to an activating group) is 1. The number of anilines is 1. The Morgan fingerprint density at radius 2 is 2.11 bits per heavy atom. The molecule has 0 aliphatic carbocycles. The molecule has 100 valence electrons. The maximum atomic E-state index is 11.7. The topological polar surface area (TPSA) is 50.4 Å². The number of aryl methyl sites for hydroxylation is 1. The molecular formula is C14H22N2O2. The van der Waals surface area contributed by atoms with Crippen molar-refractivity contribution in [3.05, 3.63) is 29.8 Å². The van der Waals surface area contributed by atoms with Crippen LogP contribution in [0, 0.1) is 6.92 Å². The van der Waals surface area contributed by atoms with E-state index in [4.69, 9.17) is 4.74 Å². The number of ether oxygens (including phenoxy) is 1. The van der Waals surface area contributed by atoms with E-state index >= 15 is 0 Å². The highest BCUT2D eigenvalue weighted by molar-refractivity contribution is 5.84. The minimum absolute atomic E-state index is 0.427. The maximum absolute atomic E-state index is 11.7. The van der Waals surface area contributed by atoms with Crippen molar-refractivity contribution in [1.29, 1.82) is 0 Å². The third kappa shape index (κ3) is 5.19. The van der Waals surface area contributed by atoms with Gasteiger partial charge in [-0.15, -0.1) is 0 Å². The van der Waals surface area contributed by atoms with Crippen LogP contribution in [0.5, 0.6) is 0 Å². The van der Waals surface area contributed by atoms with Crippen LogP contribution in [0.25, 0.3) is 0 Å². The average Bonchev–Trinajstić information content (AvgIpc) is 2.25. The molecule has 4 nitrogen and oxygen atoms in total. The predicted molar refractivity (Wildman–Crippen MR) is 73.9 cm³/mol. The summed E-state index contributed by atoms with van der Waals surface area (Å²) in [6.45, 7) is 9.24. The number of carbonyl (C=O) groups is 1. The molecule has 0 aromatic heterocycles. The fourth-order valence-corrected chi connectivity index (χ4v) is 1.58. The molecule has 0 saturated carbocycles. The van der Waals surface area contributed by atoms with E-state index in [1.165, 1.54) is 0 Å². The SMILES string of the molecule is CCNCC(C)(C)OC(=O)Nc1cccc(C)c1. The summed E-state index contributed by atoms with van der Waals surface area (Å²) in [6.07, 6.45) is -0.427. The summed E-state index contributed by atoms with van der Waals surface area (Å²) < 4.78 is 5.37. The Bertz CT molecular complexity index is 403. The van der Waals surface area contributed by atoms with E-state index in [0.29, 0.717) is 6.54 Å². The zero-order valence-electron chi connectivity index (χ0n) is 11.5. The molecule has 1 amide bonds. The molecule has 0 bridgehead atoms. The number of carbonyl (C=O) groups excluding carboxylic acids is 1. The summed E-state index contributed by atoms with van der Waals surface area (Å²) in [6, 6.07) is 7.62. The first-order valence-electron chi connectivity index (χ1n) is 6.20. The number of benzene rings is 1. The van der Waals surface area contributed by atoms with E-state index in [1.54, 1.807) is 0 Å². The number of amides is 1. The molecule has 0 fully saturated rings. The first kappa shape index (κ1) is 14.5. The normalized spacial score (nSPS) is 11.1. The van der Waals surface area contributed by atoms with Gasteiger partial charge in [-0.25, -0.2) is 4.79 Å². The second-order valence-corrected chi connectivity index (χ2v) is 4.92. The summed E-state index contributed by atoms with van der Waals surface area (Å²) in [4.78, 5) is 11.7. The molecule has 1 rings (SSSR count). The maximum Gasteiger partial charge on any atom is 0.412 e.